The Morgan fingerprint density at radius 1 is 1.38 bits per heavy atom. The largest absolute Gasteiger partial charge is 0.381 e. The van der Waals surface area contributed by atoms with Crippen LogP contribution in [0.15, 0.2) is 30.6 Å². The van der Waals surface area contributed by atoms with E-state index < -0.39 is 6.04 Å². The monoisotopic (exact) mass is 401 g/mol. The molecule has 0 radical (unpaired) electrons. The molecule has 1 aliphatic heterocycles. The lowest BCUT2D eigenvalue weighted by Crippen LogP contribution is -2.44. The van der Waals surface area contributed by atoms with Gasteiger partial charge in [-0.2, -0.15) is 0 Å². The molecule has 0 aliphatic carbocycles. The number of nitrogens with two attached hydrogens (primary N) is 1. The Morgan fingerprint density at radius 2 is 2.12 bits per heavy atom. The van der Waals surface area contributed by atoms with E-state index in [2.05, 4.69) is 15.5 Å². The van der Waals surface area contributed by atoms with E-state index in [1.165, 1.54) is 0 Å². The number of amides is 1. The average Bonchev–Trinajstić information content (AvgIpc) is 3.11. The molecule has 2 aromatic rings. The third-order valence-electron chi connectivity index (χ3n) is 4.42. The van der Waals surface area contributed by atoms with Gasteiger partial charge in [0.1, 0.15) is 6.33 Å². The Hall–Kier alpha value is -1.67. The second kappa shape index (κ2) is 10.5. The van der Waals surface area contributed by atoms with Gasteiger partial charge in [0, 0.05) is 31.0 Å². The zero-order valence-corrected chi connectivity index (χ0v) is 16.3. The van der Waals surface area contributed by atoms with E-state index in [4.69, 9.17) is 10.5 Å². The van der Waals surface area contributed by atoms with E-state index in [1.807, 2.05) is 35.8 Å². The summed E-state index contributed by atoms with van der Waals surface area (Å²) in [6.45, 7) is 4.17. The highest BCUT2D eigenvalue weighted by Gasteiger charge is 2.26. The van der Waals surface area contributed by atoms with Crippen molar-refractivity contribution in [2.45, 2.75) is 32.4 Å². The molecule has 3 N–H and O–H groups in total. The molecule has 1 fully saturated rings. The first-order valence-electron chi connectivity index (χ1n) is 8.31. The van der Waals surface area contributed by atoms with Crippen LogP contribution in [0.25, 0.3) is 11.4 Å². The summed E-state index contributed by atoms with van der Waals surface area (Å²) in [5, 5.41) is 11.0. The number of aromatic nitrogens is 3. The van der Waals surface area contributed by atoms with Gasteiger partial charge in [-0.05, 0) is 37.8 Å². The lowest BCUT2D eigenvalue weighted by atomic mass is 9.92. The van der Waals surface area contributed by atoms with Gasteiger partial charge < -0.3 is 20.4 Å². The molecule has 1 unspecified atom stereocenters. The predicted molar refractivity (Wildman–Crippen MR) is 106 cm³/mol. The molecule has 1 saturated heterocycles. The molecule has 1 atom stereocenters. The van der Waals surface area contributed by atoms with Gasteiger partial charge in [0.25, 0.3) is 0 Å². The number of carbonyl (C=O) groups is 1. The Bertz CT molecular complexity index is 704. The summed E-state index contributed by atoms with van der Waals surface area (Å²) in [6.07, 6.45) is 3.35. The van der Waals surface area contributed by atoms with Crippen molar-refractivity contribution in [3.05, 3.63) is 30.6 Å². The first-order valence-corrected chi connectivity index (χ1v) is 8.31. The Kier molecular flexibility index (Phi) is 9.01. The van der Waals surface area contributed by atoms with Gasteiger partial charge in [-0.1, -0.05) is 12.1 Å². The van der Waals surface area contributed by atoms with Crippen LogP contribution in [0.1, 0.15) is 19.8 Å². The van der Waals surface area contributed by atoms with Crippen molar-refractivity contribution >= 4 is 36.4 Å². The zero-order valence-electron chi connectivity index (χ0n) is 14.6. The first-order chi connectivity index (χ1) is 11.7. The fraction of sp³-hybridized carbons (Fsp3) is 0.471. The maximum absolute atomic E-state index is 12.4. The van der Waals surface area contributed by atoms with E-state index >= 15 is 0 Å². The van der Waals surface area contributed by atoms with Crippen molar-refractivity contribution in [2.75, 3.05) is 18.5 Å². The van der Waals surface area contributed by atoms with E-state index in [1.54, 1.807) is 6.33 Å². The molecule has 0 spiro atoms. The minimum absolute atomic E-state index is 0. The van der Waals surface area contributed by atoms with E-state index in [0.29, 0.717) is 18.9 Å². The van der Waals surface area contributed by atoms with Gasteiger partial charge in [-0.15, -0.1) is 35.0 Å². The molecule has 9 heteroatoms. The molecule has 1 amide bonds. The summed E-state index contributed by atoms with van der Waals surface area (Å²) >= 11 is 0. The number of halogens is 2. The molecular weight excluding hydrogens is 377 g/mol. The molecule has 144 valence electrons. The summed E-state index contributed by atoms with van der Waals surface area (Å²) < 4.78 is 7.28. The quantitative estimate of drug-likeness (QED) is 0.802. The minimum atomic E-state index is -0.517. The number of nitrogens with one attached hydrogen (secondary N) is 1. The van der Waals surface area contributed by atoms with E-state index in [9.17, 15) is 4.79 Å². The summed E-state index contributed by atoms with van der Waals surface area (Å²) in [4.78, 5) is 12.4. The molecule has 7 nitrogen and oxygen atoms in total. The van der Waals surface area contributed by atoms with Gasteiger partial charge in [-0.25, -0.2) is 0 Å². The molecule has 1 aliphatic rings. The molecule has 1 aromatic heterocycles. The standard InChI is InChI=1S/C17H23N5O2.2ClH/c1-2-22-11-19-21-16(22)13-4-3-5-14(10-13)20-17(23)15(18)12-6-8-24-9-7-12;;/h3-5,10-12,15H,2,6-9,18H2,1H3,(H,20,23);2*1H. The Morgan fingerprint density at radius 3 is 2.81 bits per heavy atom. The van der Waals surface area contributed by atoms with Gasteiger partial charge in [0.05, 0.1) is 6.04 Å². The number of nitrogens with zero attached hydrogens (tertiary/aromatic N) is 3. The lowest BCUT2D eigenvalue weighted by molar-refractivity contribution is -0.119. The molecule has 0 bridgehead atoms. The third kappa shape index (κ3) is 5.17. The number of carbonyl (C=O) groups excluding carboxylic acids is 1. The Labute approximate surface area is 165 Å². The molecule has 26 heavy (non-hydrogen) atoms. The number of anilines is 1. The van der Waals surface area contributed by atoms with Crippen molar-refractivity contribution < 1.29 is 9.53 Å². The number of benzene rings is 1. The van der Waals surface area contributed by atoms with Crippen LogP contribution in [0, 0.1) is 5.92 Å². The summed E-state index contributed by atoms with van der Waals surface area (Å²) in [5.74, 6) is 0.795. The van der Waals surface area contributed by atoms with Crippen molar-refractivity contribution in [1.29, 1.82) is 0 Å². The molecule has 0 saturated carbocycles. The van der Waals surface area contributed by atoms with Gasteiger partial charge in [-0.3, -0.25) is 4.79 Å². The van der Waals surface area contributed by atoms with Crippen LogP contribution >= 0.6 is 24.8 Å². The maximum atomic E-state index is 12.4. The Balaban J connectivity index is 0.00000169. The SMILES string of the molecule is CCn1cnnc1-c1cccc(NC(=O)C(N)C2CCOCC2)c1.Cl.Cl. The van der Waals surface area contributed by atoms with Crippen LogP contribution in [0.4, 0.5) is 5.69 Å². The molecule has 1 aromatic carbocycles. The van der Waals surface area contributed by atoms with E-state index in [0.717, 1.165) is 30.8 Å². The number of hydrogen-bond acceptors (Lipinski definition) is 5. The molecular formula is C17H25Cl2N5O2. The van der Waals surface area contributed by atoms with Crippen LogP contribution in [0.3, 0.4) is 0 Å². The fourth-order valence-electron chi connectivity index (χ4n) is 2.96. The van der Waals surface area contributed by atoms with Crippen molar-refractivity contribution in [2.24, 2.45) is 11.7 Å². The summed E-state index contributed by atoms with van der Waals surface area (Å²) in [7, 11) is 0. The number of aryl methyl sites for hydroxylation is 1. The smallest absolute Gasteiger partial charge is 0.241 e. The van der Waals surface area contributed by atoms with Gasteiger partial charge >= 0.3 is 0 Å². The summed E-state index contributed by atoms with van der Waals surface area (Å²) in [5.41, 5.74) is 7.75. The number of hydrogen-bond donors (Lipinski definition) is 2. The maximum Gasteiger partial charge on any atom is 0.241 e. The van der Waals surface area contributed by atoms with Crippen LogP contribution in [-0.4, -0.2) is 39.9 Å². The van der Waals surface area contributed by atoms with Crippen LogP contribution in [0.5, 0.6) is 0 Å². The van der Waals surface area contributed by atoms with E-state index in [-0.39, 0.29) is 36.6 Å². The average molecular weight is 402 g/mol. The van der Waals surface area contributed by atoms with Crippen LogP contribution < -0.4 is 11.1 Å². The van der Waals surface area contributed by atoms with Gasteiger partial charge in [0.15, 0.2) is 5.82 Å². The topological polar surface area (TPSA) is 95.1 Å². The van der Waals surface area contributed by atoms with Crippen molar-refractivity contribution in [1.82, 2.24) is 14.8 Å². The second-order valence-electron chi connectivity index (χ2n) is 5.99. The highest BCUT2D eigenvalue weighted by Crippen LogP contribution is 2.22. The summed E-state index contributed by atoms with van der Waals surface area (Å²) in [6, 6.07) is 7.07. The zero-order chi connectivity index (χ0) is 16.9. The van der Waals surface area contributed by atoms with Crippen molar-refractivity contribution in [3.8, 4) is 11.4 Å². The lowest BCUT2D eigenvalue weighted by Gasteiger charge is -2.26. The second-order valence-corrected chi connectivity index (χ2v) is 5.99. The van der Waals surface area contributed by atoms with Crippen LogP contribution in [0.2, 0.25) is 0 Å². The predicted octanol–water partition coefficient (Wildman–Crippen LogP) is 2.50. The van der Waals surface area contributed by atoms with Gasteiger partial charge in [0.2, 0.25) is 5.91 Å². The fourth-order valence-corrected chi connectivity index (χ4v) is 2.96. The highest BCUT2D eigenvalue weighted by atomic mass is 35.5. The molecule has 2 heterocycles. The highest BCUT2D eigenvalue weighted by molar-refractivity contribution is 5.95. The minimum Gasteiger partial charge on any atom is -0.381 e. The number of ether oxygens (including phenoxy) is 1. The number of rotatable bonds is 5. The molecule has 3 rings (SSSR count). The normalized spacial score (nSPS) is 15.5. The third-order valence-corrected chi connectivity index (χ3v) is 4.42. The van der Waals surface area contributed by atoms with Crippen LogP contribution in [-0.2, 0) is 16.1 Å². The van der Waals surface area contributed by atoms with Crippen molar-refractivity contribution in [3.63, 3.8) is 0 Å². The first kappa shape index (κ1) is 22.4.